The van der Waals surface area contributed by atoms with Gasteiger partial charge in [0, 0.05) is 46.3 Å². The Bertz CT molecular complexity index is 879. The number of ether oxygens (including phenoxy) is 1. The van der Waals surface area contributed by atoms with E-state index in [1.807, 2.05) is 12.1 Å². The molecule has 29 heavy (non-hydrogen) atoms. The molecular weight excluding hydrogens is 366 g/mol. The number of likely N-dealkylation sites (N-methyl/N-ethyl adjacent to an activating group) is 1. The second kappa shape index (κ2) is 7.35. The van der Waals surface area contributed by atoms with E-state index < -0.39 is 0 Å². The highest BCUT2D eigenvalue weighted by Crippen LogP contribution is 2.43. The van der Waals surface area contributed by atoms with Crippen molar-refractivity contribution in [2.75, 3.05) is 68.7 Å². The Hall–Kier alpha value is -2.58. The van der Waals surface area contributed by atoms with E-state index in [0.29, 0.717) is 6.04 Å². The van der Waals surface area contributed by atoms with Crippen LogP contribution in [0.15, 0.2) is 24.3 Å². The van der Waals surface area contributed by atoms with E-state index in [0.717, 1.165) is 69.0 Å². The highest BCUT2D eigenvalue weighted by atomic mass is 16.5. The number of rotatable bonds is 4. The molecule has 1 atom stereocenters. The van der Waals surface area contributed by atoms with E-state index in [-0.39, 0.29) is 0 Å². The Morgan fingerprint density at radius 2 is 1.72 bits per heavy atom. The van der Waals surface area contributed by atoms with Crippen LogP contribution in [0.5, 0.6) is 5.75 Å². The predicted octanol–water partition coefficient (Wildman–Crippen LogP) is 1.64. The Labute approximate surface area is 172 Å². The zero-order valence-corrected chi connectivity index (χ0v) is 17.4. The SMILES string of the molecule is COc1ccc(CN2CCC3NN(C)c4nc(N5CCN(C)CC5)nc2c43)cc1. The molecule has 1 N–H and O–H groups in total. The Kier molecular flexibility index (Phi) is 4.67. The molecule has 5 rings (SSSR count). The topological polar surface area (TPSA) is 60.0 Å². The molecule has 0 aliphatic carbocycles. The van der Waals surface area contributed by atoms with Gasteiger partial charge in [-0.2, -0.15) is 9.97 Å². The van der Waals surface area contributed by atoms with E-state index in [2.05, 4.69) is 51.4 Å². The molecule has 8 nitrogen and oxygen atoms in total. The van der Waals surface area contributed by atoms with Crippen LogP contribution in [-0.4, -0.2) is 68.8 Å². The lowest BCUT2D eigenvalue weighted by Crippen LogP contribution is -2.45. The van der Waals surface area contributed by atoms with Gasteiger partial charge < -0.3 is 19.4 Å². The second-order valence-electron chi connectivity index (χ2n) is 8.17. The summed E-state index contributed by atoms with van der Waals surface area (Å²) >= 11 is 0. The lowest BCUT2D eigenvalue weighted by molar-refractivity contribution is 0.311. The van der Waals surface area contributed by atoms with Gasteiger partial charge >= 0.3 is 0 Å². The monoisotopic (exact) mass is 395 g/mol. The van der Waals surface area contributed by atoms with Gasteiger partial charge in [0.2, 0.25) is 5.95 Å². The minimum Gasteiger partial charge on any atom is -0.497 e. The Morgan fingerprint density at radius 1 is 1.00 bits per heavy atom. The number of methoxy groups -OCH3 is 1. The Balaban J connectivity index is 1.48. The number of nitrogens with zero attached hydrogens (tertiary/aromatic N) is 6. The molecule has 0 spiro atoms. The van der Waals surface area contributed by atoms with Crippen LogP contribution in [0.4, 0.5) is 17.6 Å². The van der Waals surface area contributed by atoms with Crippen molar-refractivity contribution in [1.82, 2.24) is 20.3 Å². The fourth-order valence-electron chi connectivity index (χ4n) is 4.46. The molecular formula is C21H29N7O. The quantitative estimate of drug-likeness (QED) is 0.839. The summed E-state index contributed by atoms with van der Waals surface area (Å²) in [5.41, 5.74) is 6.06. The maximum atomic E-state index is 5.30. The van der Waals surface area contributed by atoms with E-state index in [1.54, 1.807) is 7.11 Å². The zero-order chi connectivity index (χ0) is 20.0. The number of nitrogens with one attached hydrogen (secondary N) is 1. The number of aromatic nitrogens is 2. The van der Waals surface area contributed by atoms with E-state index in [4.69, 9.17) is 14.7 Å². The molecule has 3 aliphatic heterocycles. The van der Waals surface area contributed by atoms with Crippen molar-refractivity contribution < 1.29 is 4.74 Å². The number of benzene rings is 1. The van der Waals surface area contributed by atoms with Crippen molar-refractivity contribution in [3.05, 3.63) is 35.4 Å². The van der Waals surface area contributed by atoms with Crippen molar-refractivity contribution in [3.63, 3.8) is 0 Å². The number of anilines is 3. The van der Waals surface area contributed by atoms with Gasteiger partial charge in [-0.25, -0.2) is 5.43 Å². The normalized spacial score (nSPS) is 21.5. The summed E-state index contributed by atoms with van der Waals surface area (Å²) in [6.45, 7) is 5.83. The molecule has 154 valence electrons. The minimum absolute atomic E-state index is 0.304. The summed E-state index contributed by atoms with van der Waals surface area (Å²) in [6, 6.07) is 8.63. The molecule has 2 aromatic rings. The van der Waals surface area contributed by atoms with Gasteiger partial charge in [-0.1, -0.05) is 12.1 Å². The molecule has 1 fully saturated rings. The first-order valence-corrected chi connectivity index (χ1v) is 10.4. The summed E-state index contributed by atoms with van der Waals surface area (Å²) < 4.78 is 5.30. The fourth-order valence-corrected chi connectivity index (χ4v) is 4.46. The minimum atomic E-state index is 0.304. The predicted molar refractivity (Wildman–Crippen MR) is 115 cm³/mol. The van der Waals surface area contributed by atoms with Crippen LogP contribution in [0.25, 0.3) is 0 Å². The van der Waals surface area contributed by atoms with Gasteiger partial charge in [0.1, 0.15) is 11.6 Å². The highest BCUT2D eigenvalue weighted by Gasteiger charge is 2.38. The number of piperazine rings is 1. The zero-order valence-electron chi connectivity index (χ0n) is 17.4. The summed E-state index contributed by atoms with van der Waals surface area (Å²) in [5.74, 6) is 3.84. The van der Waals surface area contributed by atoms with Gasteiger partial charge in [-0.3, -0.25) is 5.01 Å². The van der Waals surface area contributed by atoms with Gasteiger partial charge in [-0.15, -0.1) is 0 Å². The molecule has 1 saturated heterocycles. The first-order chi connectivity index (χ1) is 14.1. The van der Waals surface area contributed by atoms with Crippen LogP contribution in [0.2, 0.25) is 0 Å². The van der Waals surface area contributed by atoms with E-state index >= 15 is 0 Å². The van der Waals surface area contributed by atoms with Crippen LogP contribution >= 0.6 is 0 Å². The van der Waals surface area contributed by atoms with Crippen molar-refractivity contribution in [3.8, 4) is 5.75 Å². The largest absolute Gasteiger partial charge is 0.497 e. The molecule has 0 radical (unpaired) electrons. The molecule has 8 heteroatoms. The van der Waals surface area contributed by atoms with Crippen molar-refractivity contribution in [2.24, 2.45) is 0 Å². The molecule has 0 amide bonds. The smallest absolute Gasteiger partial charge is 0.229 e. The van der Waals surface area contributed by atoms with Crippen LogP contribution in [0, 0.1) is 0 Å². The maximum Gasteiger partial charge on any atom is 0.229 e. The molecule has 1 aromatic heterocycles. The summed E-state index contributed by atoms with van der Waals surface area (Å²) in [7, 11) is 5.93. The number of hydrogen-bond donors (Lipinski definition) is 1. The van der Waals surface area contributed by atoms with Gasteiger partial charge in [0.05, 0.1) is 18.7 Å². The Morgan fingerprint density at radius 3 is 2.45 bits per heavy atom. The van der Waals surface area contributed by atoms with Crippen molar-refractivity contribution in [2.45, 2.75) is 19.0 Å². The summed E-state index contributed by atoms with van der Waals surface area (Å²) in [6.07, 6.45) is 1.05. The van der Waals surface area contributed by atoms with Gasteiger partial charge in [-0.05, 0) is 31.2 Å². The van der Waals surface area contributed by atoms with Crippen LogP contribution in [0.3, 0.4) is 0 Å². The number of hydrazine groups is 1. The standard InChI is InChI=1S/C21H29N7O/c1-25-10-12-27(13-11-25)21-22-19-18-17(24-26(19)2)8-9-28(20(18)23-21)14-15-4-6-16(29-3)7-5-15/h4-7,17,24H,8-14H2,1-3H3. The molecule has 3 aliphatic rings. The molecule has 1 aromatic carbocycles. The molecule has 0 saturated carbocycles. The first-order valence-electron chi connectivity index (χ1n) is 10.4. The van der Waals surface area contributed by atoms with Gasteiger partial charge in [0.15, 0.2) is 5.82 Å². The molecule has 1 unspecified atom stereocenters. The fraction of sp³-hybridized carbons (Fsp3) is 0.524. The summed E-state index contributed by atoms with van der Waals surface area (Å²) in [5, 5.41) is 2.07. The van der Waals surface area contributed by atoms with Crippen LogP contribution in [-0.2, 0) is 6.54 Å². The van der Waals surface area contributed by atoms with Gasteiger partial charge in [0.25, 0.3) is 0 Å². The third-order valence-electron chi connectivity index (χ3n) is 6.22. The maximum absolute atomic E-state index is 5.30. The van der Waals surface area contributed by atoms with Crippen LogP contribution in [0.1, 0.15) is 23.6 Å². The van der Waals surface area contributed by atoms with Crippen LogP contribution < -0.4 is 25.0 Å². The molecule has 0 bridgehead atoms. The molecule has 4 heterocycles. The average molecular weight is 396 g/mol. The van der Waals surface area contributed by atoms with E-state index in [1.165, 1.54) is 11.1 Å². The van der Waals surface area contributed by atoms with Crippen molar-refractivity contribution in [1.29, 1.82) is 0 Å². The lowest BCUT2D eigenvalue weighted by atomic mass is 10.0. The summed E-state index contributed by atoms with van der Waals surface area (Å²) in [4.78, 5) is 17.1. The van der Waals surface area contributed by atoms with E-state index in [9.17, 15) is 0 Å². The third kappa shape index (κ3) is 3.36. The average Bonchev–Trinajstić information content (AvgIpc) is 3.07. The lowest BCUT2D eigenvalue weighted by Gasteiger charge is -2.35. The first kappa shape index (κ1) is 18.4. The highest BCUT2D eigenvalue weighted by molar-refractivity contribution is 5.68. The third-order valence-corrected chi connectivity index (χ3v) is 6.22. The number of hydrogen-bond acceptors (Lipinski definition) is 8. The second-order valence-corrected chi connectivity index (χ2v) is 8.17. The van der Waals surface area contributed by atoms with Crippen molar-refractivity contribution >= 4 is 17.6 Å².